The minimum atomic E-state index is -0.289. The number of hydrogen-bond donors (Lipinski definition) is 2. The van der Waals surface area contributed by atoms with Crippen LogP contribution in [0.5, 0.6) is 0 Å². The molecule has 0 bridgehead atoms. The Morgan fingerprint density at radius 3 is 2.69 bits per heavy atom. The van der Waals surface area contributed by atoms with Crippen LogP contribution >= 0.6 is 11.6 Å². The first-order valence-electron chi connectivity index (χ1n) is 4.81. The number of amides is 2. The molecule has 1 aromatic heterocycles. The van der Waals surface area contributed by atoms with Gasteiger partial charge < -0.3 is 9.73 Å². The van der Waals surface area contributed by atoms with Crippen molar-refractivity contribution >= 4 is 29.3 Å². The summed E-state index contributed by atoms with van der Waals surface area (Å²) < 4.78 is 5.16. The van der Waals surface area contributed by atoms with E-state index in [-0.39, 0.29) is 30.7 Å². The summed E-state index contributed by atoms with van der Waals surface area (Å²) in [4.78, 5) is 22.1. The topological polar surface area (TPSA) is 71.3 Å². The molecular formula is C10H13ClN2O3. The molecule has 88 valence electrons. The van der Waals surface area contributed by atoms with Crippen LogP contribution in [0.2, 0.25) is 0 Å². The van der Waals surface area contributed by atoms with Gasteiger partial charge in [0.2, 0.25) is 11.8 Å². The average molecular weight is 245 g/mol. The predicted molar refractivity (Wildman–Crippen MR) is 60.4 cm³/mol. The van der Waals surface area contributed by atoms with Gasteiger partial charge in [-0.05, 0) is 13.0 Å². The fourth-order valence-electron chi connectivity index (χ4n) is 1.06. The van der Waals surface area contributed by atoms with Crippen LogP contribution in [0, 0.1) is 6.92 Å². The molecule has 1 heterocycles. The maximum absolute atomic E-state index is 11.3. The standard InChI is InChI=1S/C10H13ClN2O3/c1-7-2-3-10(16-7)13-8(14)4-5-12-9(15)6-11/h2-3H,4-6H2,1H3,(H,12,15)(H,13,14). The molecule has 0 aliphatic heterocycles. The van der Waals surface area contributed by atoms with Crippen LogP contribution in [0.4, 0.5) is 5.88 Å². The summed E-state index contributed by atoms with van der Waals surface area (Å²) in [5.41, 5.74) is 0. The number of aryl methyl sites for hydroxylation is 1. The number of rotatable bonds is 5. The second-order valence-electron chi connectivity index (χ2n) is 3.19. The van der Waals surface area contributed by atoms with Crippen molar-refractivity contribution in [3.63, 3.8) is 0 Å². The first kappa shape index (κ1) is 12.6. The van der Waals surface area contributed by atoms with E-state index in [1.807, 2.05) is 0 Å². The van der Waals surface area contributed by atoms with Crippen LogP contribution in [0.1, 0.15) is 12.2 Å². The van der Waals surface area contributed by atoms with E-state index in [1.54, 1.807) is 19.1 Å². The van der Waals surface area contributed by atoms with E-state index in [2.05, 4.69) is 10.6 Å². The monoisotopic (exact) mass is 244 g/mol. The molecule has 0 spiro atoms. The van der Waals surface area contributed by atoms with E-state index in [0.717, 1.165) is 5.76 Å². The molecule has 0 aromatic carbocycles. The summed E-state index contributed by atoms with van der Waals surface area (Å²) in [5.74, 6) is 0.531. The fraction of sp³-hybridized carbons (Fsp3) is 0.400. The summed E-state index contributed by atoms with van der Waals surface area (Å²) in [6.45, 7) is 2.05. The van der Waals surface area contributed by atoms with Gasteiger partial charge in [0.25, 0.3) is 0 Å². The summed E-state index contributed by atoms with van der Waals surface area (Å²) in [6.07, 6.45) is 0.183. The summed E-state index contributed by atoms with van der Waals surface area (Å²) in [7, 11) is 0. The van der Waals surface area contributed by atoms with E-state index >= 15 is 0 Å². The molecule has 6 heteroatoms. The molecule has 2 amide bonds. The third kappa shape index (κ3) is 4.35. The minimum Gasteiger partial charge on any atom is -0.446 e. The number of anilines is 1. The van der Waals surface area contributed by atoms with Crippen LogP contribution < -0.4 is 10.6 Å². The quantitative estimate of drug-likeness (QED) is 0.767. The molecule has 5 nitrogen and oxygen atoms in total. The average Bonchev–Trinajstić information content (AvgIpc) is 2.63. The number of nitrogens with one attached hydrogen (secondary N) is 2. The van der Waals surface area contributed by atoms with Gasteiger partial charge in [0.05, 0.1) is 0 Å². The van der Waals surface area contributed by atoms with Gasteiger partial charge in [0.15, 0.2) is 5.88 Å². The number of carbonyl (C=O) groups is 2. The number of halogens is 1. The van der Waals surface area contributed by atoms with Gasteiger partial charge in [-0.25, -0.2) is 0 Å². The highest BCUT2D eigenvalue weighted by Gasteiger charge is 2.05. The number of carbonyl (C=O) groups excluding carboxylic acids is 2. The molecule has 2 N–H and O–H groups in total. The Labute approximate surface area is 98.1 Å². The third-order valence-corrected chi connectivity index (χ3v) is 2.04. The zero-order chi connectivity index (χ0) is 12.0. The second-order valence-corrected chi connectivity index (χ2v) is 3.46. The van der Waals surface area contributed by atoms with E-state index in [0.29, 0.717) is 5.88 Å². The number of hydrogen-bond acceptors (Lipinski definition) is 3. The lowest BCUT2D eigenvalue weighted by Crippen LogP contribution is -2.28. The number of furan rings is 1. The molecule has 1 aromatic rings. The Bertz CT molecular complexity index is 376. The van der Waals surface area contributed by atoms with Gasteiger partial charge in [-0.3, -0.25) is 14.9 Å². The molecule has 0 radical (unpaired) electrons. The van der Waals surface area contributed by atoms with E-state index in [9.17, 15) is 9.59 Å². The molecular weight excluding hydrogens is 232 g/mol. The van der Waals surface area contributed by atoms with Crippen LogP contribution in [0.3, 0.4) is 0 Å². The first-order chi connectivity index (χ1) is 7.61. The van der Waals surface area contributed by atoms with Crippen molar-refractivity contribution in [3.8, 4) is 0 Å². The highest BCUT2D eigenvalue weighted by atomic mass is 35.5. The maximum Gasteiger partial charge on any atom is 0.234 e. The molecule has 0 saturated carbocycles. The van der Waals surface area contributed by atoms with Crippen LogP contribution in [0.25, 0.3) is 0 Å². The van der Waals surface area contributed by atoms with Gasteiger partial charge in [-0.1, -0.05) is 0 Å². The molecule has 16 heavy (non-hydrogen) atoms. The minimum absolute atomic E-state index is 0.0982. The van der Waals surface area contributed by atoms with Gasteiger partial charge in [-0.15, -0.1) is 11.6 Å². The third-order valence-electron chi connectivity index (χ3n) is 1.80. The molecule has 0 unspecified atom stereocenters. The predicted octanol–water partition coefficient (Wildman–Crippen LogP) is 1.27. The lowest BCUT2D eigenvalue weighted by molar-refractivity contribution is -0.119. The van der Waals surface area contributed by atoms with Crippen LogP contribution in [-0.4, -0.2) is 24.2 Å². The summed E-state index contributed by atoms with van der Waals surface area (Å²) in [5, 5.41) is 5.06. The zero-order valence-corrected chi connectivity index (χ0v) is 9.63. The van der Waals surface area contributed by atoms with Gasteiger partial charge in [0, 0.05) is 19.0 Å². The molecule has 0 atom stereocenters. The van der Waals surface area contributed by atoms with Crippen LogP contribution in [-0.2, 0) is 9.59 Å². The Hall–Kier alpha value is -1.49. The lowest BCUT2D eigenvalue weighted by Gasteiger charge is -2.03. The molecule has 0 saturated heterocycles. The Balaban J connectivity index is 2.23. The smallest absolute Gasteiger partial charge is 0.234 e. The highest BCUT2D eigenvalue weighted by molar-refractivity contribution is 6.27. The summed E-state index contributed by atoms with van der Waals surface area (Å²) in [6, 6.07) is 3.43. The normalized spacial score (nSPS) is 9.88. The van der Waals surface area contributed by atoms with Gasteiger partial charge in [-0.2, -0.15) is 0 Å². The molecule has 0 aliphatic rings. The second kappa shape index (κ2) is 6.17. The Morgan fingerprint density at radius 2 is 2.12 bits per heavy atom. The van der Waals surface area contributed by atoms with Crippen molar-refractivity contribution in [2.75, 3.05) is 17.7 Å². The summed E-state index contributed by atoms with van der Waals surface area (Å²) >= 11 is 5.27. The maximum atomic E-state index is 11.3. The molecule has 0 aliphatic carbocycles. The number of alkyl halides is 1. The van der Waals surface area contributed by atoms with Crippen LogP contribution in [0.15, 0.2) is 16.5 Å². The molecule has 1 rings (SSSR count). The Morgan fingerprint density at radius 1 is 1.38 bits per heavy atom. The van der Waals surface area contributed by atoms with Crippen molar-refractivity contribution in [1.82, 2.24) is 5.32 Å². The van der Waals surface area contributed by atoms with Crippen molar-refractivity contribution in [2.24, 2.45) is 0 Å². The van der Waals surface area contributed by atoms with Crippen molar-refractivity contribution in [2.45, 2.75) is 13.3 Å². The van der Waals surface area contributed by atoms with Crippen molar-refractivity contribution in [1.29, 1.82) is 0 Å². The lowest BCUT2D eigenvalue weighted by atomic mass is 10.4. The van der Waals surface area contributed by atoms with E-state index < -0.39 is 0 Å². The van der Waals surface area contributed by atoms with E-state index in [1.165, 1.54) is 0 Å². The van der Waals surface area contributed by atoms with Gasteiger partial charge >= 0.3 is 0 Å². The largest absolute Gasteiger partial charge is 0.446 e. The van der Waals surface area contributed by atoms with Crippen molar-refractivity contribution < 1.29 is 14.0 Å². The zero-order valence-electron chi connectivity index (χ0n) is 8.88. The van der Waals surface area contributed by atoms with Crippen molar-refractivity contribution in [3.05, 3.63) is 17.9 Å². The van der Waals surface area contributed by atoms with Gasteiger partial charge in [0.1, 0.15) is 11.6 Å². The molecule has 0 fully saturated rings. The highest BCUT2D eigenvalue weighted by Crippen LogP contribution is 2.11. The van der Waals surface area contributed by atoms with E-state index in [4.69, 9.17) is 16.0 Å². The first-order valence-corrected chi connectivity index (χ1v) is 5.34. The SMILES string of the molecule is Cc1ccc(NC(=O)CCNC(=O)CCl)o1. The Kier molecular flexibility index (Phi) is 4.85. The fourth-order valence-corrected chi connectivity index (χ4v) is 1.16.